The molecule has 0 saturated carbocycles. The second-order valence-corrected chi connectivity index (χ2v) is 9.79. The first-order valence-electron chi connectivity index (χ1n) is 9.07. The van der Waals surface area contributed by atoms with Gasteiger partial charge in [-0.2, -0.15) is 26.3 Å². The molecule has 2 rings (SSSR count). The Bertz CT molecular complexity index is 1070. The van der Waals surface area contributed by atoms with Crippen molar-refractivity contribution in [2.24, 2.45) is 0 Å². The number of hydrazine groups is 1. The van der Waals surface area contributed by atoms with E-state index < -0.39 is 35.8 Å². The summed E-state index contributed by atoms with van der Waals surface area (Å²) in [6.45, 7) is -1.38. The molecule has 34 heavy (non-hydrogen) atoms. The summed E-state index contributed by atoms with van der Waals surface area (Å²) >= 11 is 14.2. The van der Waals surface area contributed by atoms with Gasteiger partial charge >= 0.3 is 12.4 Å². The number of carbonyl (C=O) groups is 1. The van der Waals surface area contributed by atoms with Crippen molar-refractivity contribution in [3.8, 4) is 0 Å². The fourth-order valence-electron chi connectivity index (χ4n) is 2.60. The Morgan fingerprint density at radius 1 is 0.971 bits per heavy atom. The van der Waals surface area contributed by atoms with Gasteiger partial charge in [0.15, 0.2) is 5.11 Å². The molecular weight excluding hydrogens is 684 g/mol. The molecule has 184 valence electrons. The summed E-state index contributed by atoms with van der Waals surface area (Å²) in [5, 5.41) is 1.43. The maximum Gasteiger partial charge on any atom is 0.405 e. The highest BCUT2D eigenvalue weighted by Gasteiger charge is 2.39. The van der Waals surface area contributed by atoms with E-state index in [1.54, 1.807) is 6.07 Å². The lowest BCUT2D eigenvalue weighted by Crippen LogP contribution is -2.48. The molecule has 0 radical (unpaired) electrons. The first-order chi connectivity index (χ1) is 15.7. The number of thiocarbonyl (C=S) groups is 1. The Morgan fingerprint density at radius 3 is 2.12 bits per heavy atom. The highest BCUT2D eigenvalue weighted by atomic mass is 79.9. The van der Waals surface area contributed by atoms with Gasteiger partial charge in [-0.05, 0) is 69.6 Å². The van der Waals surface area contributed by atoms with Gasteiger partial charge in [0.1, 0.15) is 6.54 Å². The minimum absolute atomic E-state index is 0.0289. The number of rotatable bonds is 5. The summed E-state index contributed by atoms with van der Waals surface area (Å²) in [5.74, 6) is -2.61. The minimum Gasteiger partial charge on any atom is -0.352 e. The predicted octanol–water partition coefficient (Wildman–Crippen LogP) is 7.00. The van der Waals surface area contributed by atoms with Crippen molar-refractivity contribution < 1.29 is 31.1 Å². The standard InChI is InChI=1S/C20H14Br3F6N3OS/c21-12-6-11(7-13(22)8-12)15(20(27,28)29)4-2-10-1-3-14(16(23)5-10)17(33)31-32-18(34)30-9-19(24,25)26/h1-8,15H,9H2,(H,31,33)(H2,30,32,34)/b4-2+. The third kappa shape index (κ3) is 9.19. The fourth-order valence-corrected chi connectivity index (χ4v) is 4.62. The molecule has 1 atom stereocenters. The van der Waals surface area contributed by atoms with Crippen molar-refractivity contribution >= 4 is 77.1 Å². The summed E-state index contributed by atoms with van der Waals surface area (Å²) < 4.78 is 78.7. The van der Waals surface area contributed by atoms with E-state index >= 15 is 0 Å². The summed E-state index contributed by atoms with van der Waals surface area (Å²) in [7, 11) is 0. The Labute approximate surface area is 220 Å². The number of hydrogen-bond acceptors (Lipinski definition) is 2. The van der Waals surface area contributed by atoms with Gasteiger partial charge in [0.2, 0.25) is 0 Å². The number of hydrogen-bond donors (Lipinski definition) is 3. The zero-order valence-electron chi connectivity index (χ0n) is 16.6. The first-order valence-corrected chi connectivity index (χ1v) is 11.9. The quantitative estimate of drug-likeness (QED) is 0.179. The molecule has 1 unspecified atom stereocenters. The fraction of sp³-hybridized carbons (Fsp3) is 0.200. The van der Waals surface area contributed by atoms with E-state index in [-0.39, 0.29) is 15.6 Å². The molecule has 2 aromatic rings. The third-order valence-electron chi connectivity index (χ3n) is 4.05. The van der Waals surface area contributed by atoms with Crippen molar-refractivity contribution in [2.45, 2.75) is 18.3 Å². The highest BCUT2D eigenvalue weighted by Crippen LogP contribution is 2.38. The van der Waals surface area contributed by atoms with E-state index in [1.807, 2.05) is 5.32 Å². The van der Waals surface area contributed by atoms with Crippen LogP contribution in [0.5, 0.6) is 0 Å². The number of carbonyl (C=O) groups excluding carboxylic acids is 1. The summed E-state index contributed by atoms with van der Waals surface area (Å²) in [5.41, 5.74) is 4.75. The smallest absolute Gasteiger partial charge is 0.352 e. The molecular formula is C20H14Br3F6N3OS. The van der Waals surface area contributed by atoms with E-state index in [0.717, 1.165) is 6.08 Å². The van der Waals surface area contributed by atoms with Crippen LogP contribution < -0.4 is 16.2 Å². The van der Waals surface area contributed by atoms with Crippen LogP contribution in [0.4, 0.5) is 26.3 Å². The lowest BCUT2D eigenvalue weighted by Gasteiger charge is -2.18. The topological polar surface area (TPSA) is 53.2 Å². The van der Waals surface area contributed by atoms with Crippen molar-refractivity contribution in [1.82, 2.24) is 16.2 Å². The number of amides is 1. The molecule has 0 aliphatic rings. The van der Waals surface area contributed by atoms with Crippen LogP contribution in [0.25, 0.3) is 6.08 Å². The van der Waals surface area contributed by atoms with Crippen LogP contribution >= 0.6 is 60.0 Å². The first kappa shape index (κ1) is 28.6. The lowest BCUT2D eigenvalue weighted by atomic mass is 9.97. The Hall–Kier alpha value is -1.64. The van der Waals surface area contributed by atoms with Crippen LogP contribution in [0.1, 0.15) is 27.4 Å². The molecule has 1 amide bonds. The van der Waals surface area contributed by atoms with E-state index in [2.05, 4.69) is 70.9 Å². The van der Waals surface area contributed by atoms with Crippen molar-refractivity contribution in [3.63, 3.8) is 0 Å². The molecule has 4 nitrogen and oxygen atoms in total. The highest BCUT2D eigenvalue weighted by molar-refractivity contribution is 9.11. The zero-order valence-corrected chi connectivity index (χ0v) is 22.2. The van der Waals surface area contributed by atoms with E-state index in [4.69, 9.17) is 0 Å². The zero-order chi connectivity index (χ0) is 25.7. The third-order valence-corrected chi connectivity index (χ3v) is 5.87. The van der Waals surface area contributed by atoms with Gasteiger partial charge in [-0.3, -0.25) is 15.6 Å². The Kier molecular flexibility index (Phi) is 9.98. The normalized spacial score (nSPS) is 13.0. The number of nitrogens with one attached hydrogen (secondary N) is 3. The number of halogens is 9. The maximum atomic E-state index is 13.7. The molecule has 0 bridgehead atoms. The van der Waals surface area contributed by atoms with Crippen LogP contribution in [0, 0.1) is 0 Å². The van der Waals surface area contributed by atoms with E-state index in [1.165, 1.54) is 36.4 Å². The second-order valence-electron chi connectivity index (χ2n) is 6.70. The van der Waals surface area contributed by atoms with Gasteiger partial charge < -0.3 is 5.32 Å². The summed E-state index contributed by atoms with van der Waals surface area (Å²) in [6.07, 6.45) is -6.76. The van der Waals surface area contributed by atoms with E-state index in [0.29, 0.717) is 14.5 Å². The average molecular weight is 698 g/mol. The van der Waals surface area contributed by atoms with E-state index in [9.17, 15) is 31.1 Å². The van der Waals surface area contributed by atoms with Gasteiger partial charge in [-0.1, -0.05) is 50.1 Å². The van der Waals surface area contributed by atoms with Gasteiger partial charge in [-0.15, -0.1) is 0 Å². The SMILES string of the molecule is O=C(NNC(=S)NCC(F)(F)F)c1ccc(/C=C/C(c2cc(Br)cc(Br)c2)C(F)(F)F)cc1Br. The van der Waals surface area contributed by atoms with Crippen molar-refractivity contribution in [1.29, 1.82) is 0 Å². The van der Waals surface area contributed by atoms with Gasteiger partial charge in [0, 0.05) is 13.4 Å². The molecule has 0 aliphatic heterocycles. The number of benzene rings is 2. The molecule has 0 aromatic heterocycles. The van der Waals surface area contributed by atoms with Crippen LogP contribution in [0.3, 0.4) is 0 Å². The summed E-state index contributed by atoms with van der Waals surface area (Å²) in [6, 6.07) is 8.55. The van der Waals surface area contributed by atoms with Crippen molar-refractivity contribution in [2.75, 3.05) is 6.54 Å². The maximum absolute atomic E-state index is 13.7. The molecule has 0 aliphatic carbocycles. The molecule has 3 N–H and O–H groups in total. The van der Waals surface area contributed by atoms with Crippen LogP contribution in [-0.2, 0) is 0 Å². The largest absolute Gasteiger partial charge is 0.405 e. The number of allylic oxidation sites excluding steroid dienone is 1. The molecule has 0 saturated heterocycles. The van der Waals surface area contributed by atoms with Gasteiger partial charge in [-0.25, -0.2) is 0 Å². The number of alkyl halides is 6. The van der Waals surface area contributed by atoms with Gasteiger partial charge in [0.05, 0.1) is 11.5 Å². The molecule has 14 heteroatoms. The molecule has 0 fully saturated rings. The van der Waals surface area contributed by atoms with Crippen LogP contribution in [-0.4, -0.2) is 29.9 Å². The monoisotopic (exact) mass is 695 g/mol. The van der Waals surface area contributed by atoms with Crippen LogP contribution in [0.15, 0.2) is 55.9 Å². The molecule has 0 heterocycles. The van der Waals surface area contributed by atoms with Gasteiger partial charge in [0.25, 0.3) is 5.91 Å². The second kappa shape index (κ2) is 11.9. The Morgan fingerprint density at radius 2 is 1.59 bits per heavy atom. The predicted molar refractivity (Wildman–Crippen MR) is 131 cm³/mol. The molecule has 2 aromatic carbocycles. The lowest BCUT2D eigenvalue weighted by molar-refractivity contribution is -0.139. The summed E-state index contributed by atoms with van der Waals surface area (Å²) in [4.78, 5) is 12.2. The average Bonchev–Trinajstić information content (AvgIpc) is 2.68. The van der Waals surface area contributed by atoms with Crippen molar-refractivity contribution in [3.05, 3.63) is 72.6 Å². The Balaban J connectivity index is 2.12. The minimum atomic E-state index is -4.54. The van der Waals surface area contributed by atoms with Crippen LogP contribution in [0.2, 0.25) is 0 Å². The molecule has 0 spiro atoms.